The minimum Gasteiger partial charge on any atom is -0.325 e. The highest BCUT2D eigenvalue weighted by atomic mass is 32.2. The molecule has 26 heavy (non-hydrogen) atoms. The zero-order chi connectivity index (χ0) is 18.7. The smallest absolute Gasteiger partial charge is 0.264 e. The standard InChI is InChI=1S/C19H19FN2O3S/c1-19(2)15-11-14(6-7-16(15)21-18(19)23)26(24,25)22-9-3-4-12-10-13(20)5-8-17(12)22/h5-8,10-11H,3-4,9H2,1-2H3,(H,21,23). The Morgan fingerprint density at radius 1 is 1.15 bits per heavy atom. The van der Waals surface area contributed by atoms with Gasteiger partial charge in [0.15, 0.2) is 0 Å². The minimum atomic E-state index is -3.81. The highest BCUT2D eigenvalue weighted by Gasteiger charge is 2.40. The largest absolute Gasteiger partial charge is 0.325 e. The van der Waals surface area contributed by atoms with Crippen molar-refractivity contribution in [2.75, 3.05) is 16.2 Å². The lowest BCUT2D eigenvalue weighted by atomic mass is 9.86. The molecule has 0 aromatic heterocycles. The van der Waals surface area contributed by atoms with Crippen LogP contribution in [0.4, 0.5) is 15.8 Å². The molecule has 2 aromatic carbocycles. The molecule has 4 rings (SSSR count). The summed E-state index contributed by atoms with van der Waals surface area (Å²) in [7, 11) is -3.81. The quantitative estimate of drug-likeness (QED) is 0.878. The second-order valence-corrected chi connectivity index (χ2v) is 9.10. The van der Waals surface area contributed by atoms with Crippen molar-refractivity contribution in [2.24, 2.45) is 0 Å². The Morgan fingerprint density at radius 3 is 2.69 bits per heavy atom. The summed E-state index contributed by atoms with van der Waals surface area (Å²) in [5, 5.41) is 2.78. The van der Waals surface area contributed by atoms with E-state index >= 15 is 0 Å². The number of sulfonamides is 1. The van der Waals surface area contributed by atoms with Crippen LogP contribution in [-0.2, 0) is 26.7 Å². The van der Waals surface area contributed by atoms with E-state index in [-0.39, 0.29) is 16.6 Å². The maximum absolute atomic E-state index is 13.5. The van der Waals surface area contributed by atoms with Gasteiger partial charge in [-0.05, 0) is 74.2 Å². The SMILES string of the molecule is CC1(C)C(=O)Nc2ccc(S(=O)(=O)N3CCCc4cc(F)ccc43)cc21. The summed E-state index contributed by atoms with van der Waals surface area (Å²) in [5.74, 6) is -0.521. The fourth-order valence-electron chi connectivity index (χ4n) is 3.62. The van der Waals surface area contributed by atoms with Crippen LogP contribution in [0.1, 0.15) is 31.4 Å². The lowest BCUT2D eigenvalue weighted by molar-refractivity contribution is -0.119. The van der Waals surface area contributed by atoms with Gasteiger partial charge in [0.05, 0.1) is 16.0 Å². The van der Waals surface area contributed by atoms with Gasteiger partial charge in [-0.2, -0.15) is 0 Å². The average molecular weight is 374 g/mol. The molecule has 0 saturated carbocycles. The van der Waals surface area contributed by atoms with Crippen molar-refractivity contribution in [3.63, 3.8) is 0 Å². The van der Waals surface area contributed by atoms with E-state index in [0.717, 1.165) is 0 Å². The zero-order valence-corrected chi connectivity index (χ0v) is 15.4. The lowest BCUT2D eigenvalue weighted by Gasteiger charge is -2.30. The Morgan fingerprint density at radius 2 is 1.92 bits per heavy atom. The van der Waals surface area contributed by atoms with E-state index in [1.54, 1.807) is 26.0 Å². The highest BCUT2D eigenvalue weighted by molar-refractivity contribution is 7.92. The number of halogens is 1. The molecule has 136 valence electrons. The molecule has 1 N–H and O–H groups in total. The monoisotopic (exact) mass is 374 g/mol. The van der Waals surface area contributed by atoms with E-state index in [0.29, 0.717) is 41.9 Å². The van der Waals surface area contributed by atoms with Crippen LogP contribution in [0.2, 0.25) is 0 Å². The number of aryl methyl sites for hydroxylation is 1. The van der Waals surface area contributed by atoms with Gasteiger partial charge < -0.3 is 5.32 Å². The Hall–Kier alpha value is -2.41. The van der Waals surface area contributed by atoms with Gasteiger partial charge in [0.2, 0.25) is 5.91 Å². The molecule has 2 aromatic rings. The third-order valence-electron chi connectivity index (χ3n) is 5.19. The number of nitrogens with one attached hydrogen (secondary N) is 1. The van der Waals surface area contributed by atoms with Crippen LogP contribution in [0.25, 0.3) is 0 Å². The van der Waals surface area contributed by atoms with Crippen molar-refractivity contribution in [3.05, 3.63) is 53.3 Å². The van der Waals surface area contributed by atoms with E-state index in [9.17, 15) is 17.6 Å². The number of rotatable bonds is 2. The summed E-state index contributed by atoms with van der Waals surface area (Å²) < 4.78 is 41.4. The molecule has 1 amide bonds. The molecular formula is C19H19FN2O3S. The predicted octanol–water partition coefficient (Wildman–Crippen LogP) is 3.20. The summed E-state index contributed by atoms with van der Waals surface area (Å²) in [6.07, 6.45) is 1.28. The average Bonchev–Trinajstić information content (AvgIpc) is 2.83. The zero-order valence-electron chi connectivity index (χ0n) is 14.5. The first-order chi connectivity index (χ1) is 12.2. The second kappa shape index (κ2) is 5.54. The van der Waals surface area contributed by atoms with Crippen LogP contribution in [-0.4, -0.2) is 20.9 Å². The number of carbonyl (C=O) groups excluding carboxylic acids is 1. The molecule has 0 fully saturated rings. The van der Waals surface area contributed by atoms with Crippen LogP contribution in [0, 0.1) is 5.82 Å². The summed E-state index contributed by atoms with van der Waals surface area (Å²) in [6, 6.07) is 8.90. The van der Waals surface area contributed by atoms with Gasteiger partial charge in [0, 0.05) is 12.2 Å². The molecule has 2 heterocycles. The minimum absolute atomic E-state index is 0.137. The van der Waals surface area contributed by atoms with Crippen LogP contribution in [0.15, 0.2) is 41.3 Å². The van der Waals surface area contributed by atoms with Crippen molar-refractivity contribution in [2.45, 2.75) is 37.0 Å². The summed E-state index contributed by atoms with van der Waals surface area (Å²) in [5.41, 5.74) is 1.73. The van der Waals surface area contributed by atoms with E-state index in [1.165, 1.54) is 28.6 Å². The van der Waals surface area contributed by atoms with Crippen LogP contribution in [0.3, 0.4) is 0 Å². The van der Waals surface area contributed by atoms with Crippen LogP contribution in [0.5, 0.6) is 0 Å². The number of amides is 1. The van der Waals surface area contributed by atoms with E-state index in [4.69, 9.17) is 0 Å². The van der Waals surface area contributed by atoms with E-state index in [1.807, 2.05) is 0 Å². The number of nitrogens with zero attached hydrogens (tertiary/aromatic N) is 1. The summed E-state index contributed by atoms with van der Waals surface area (Å²) in [6.45, 7) is 3.88. The molecular weight excluding hydrogens is 355 g/mol. The number of benzene rings is 2. The van der Waals surface area contributed by atoms with Gasteiger partial charge in [-0.3, -0.25) is 9.10 Å². The number of anilines is 2. The topological polar surface area (TPSA) is 66.5 Å². The van der Waals surface area contributed by atoms with Gasteiger partial charge in [0.1, 0.15) is 5.82 Å². The molecule has 7 heteroatoms. The molecule has 2 aliphatic rings. The first-order valence-corrected chi connectivity index (χ1v) is 9.92. The number of hydrogen-bond donors (Lipinski definition) is 1. The van der Waals surface area contributed by atoms with Gasteiger partial charge in [0.25, 0.3) is 10.0 Å². The van der Waals surface area contributed by atoms with Crippen molar-refractivity contribution in [3.8, 4) is 0 Å². The third kappa shape index (κ3) is 2.41. The second-order valence-electron chi connectivity index (χ2n) is 7.24. The number of hydrogen-bond acceptors (Lipinski definition) is 3. The third-order valence-corrected chi connectivity index (χ3v) is 6.99. The van der Waals surface area contributed by atoms with Crippen LogP contribution < -0.4 is 9.62 Å². The van der Waals surface area contributed by atoms with Crippen molar-refractivity contribution in [1.82, 2.24) is 0 Å². The maximum Gasteiger partial charge on any atom is 0.264 e. The molecule has 0 saturated heterocycles. The Labute approximate surface area is 151 Å². The predicted molar refractivity (Wildman–Crippen MR) is 97.4 cm³/mol. The molecule has 0 bridgehead atoms. The van der Waals surface area contributed by atoms with Gasteiger partial charge in [-0.15, -0.1) is 0 Å². The van der Waals surface area contributed by atoms with Crippen molar-refractivity contribution < 1.29 is 17.6 Å². The van der Waals surface area contributed by atoms with Gasteiger partial charge in [-0.1, -0.05) is 0 Å². The molecule has 0 unspecified atom stereocenters. The Bertz CT molecular complexity index is 1030. The molecule has 0 radical (unpaired) electrons. The Kier molecular flexibility index (Phi) is 3.63. The molecule has 5 nitrogen and oxygen atoms in total. The number of fused-ring (bicyclic) bond motifs is 2. The first kappa shape index (κ1) is 17.0. The van der Waals surface area contributed by atoms with Crippen molar-refractivity contribution >= 4 is 27.3 Å². The maximum atomic E-state index is 13.5. The van der Waals surface area contributed by atoms with Crippen molar-refractivity contribution in [1.29, 1.82) is 0 Å². The van der Waals surface area contributed by atoms with E-state index < -0.39 is 15.4 Å². The molecule has 0 aliphatic carbocycles. The van der Waals surface area contributed by atoms with Gasteiger partial charge >= 0.3 is 0 Å². The summed E-state index contributed by atoms with van der Waals surface area (Å²) in [4.78, 5) is 12.2. The highest BCUT2D eigenvalue weighted by Crippen LogP contribution is 2.40. The normalized spacial score (nSPS) is 18.3. The first-order valence-electron chi connectivity index (χ1n) is 8.48. The lowest BCUT2D eigenvalue weighted by Crippen LogP contribution is -2.35. The summed E-state index contributed by atoms with van der Waals surface area (Å²) >= 11 is 0. The van der Waals surface area contributed by atoms with Gasteiger partial charge in [-0.25, -0.2) is 12.8 Å². The molecule has 2 aliphatic heterocycles. The van der Waals surface area contributed by atoms with E-state index in [2.05, 4.69) is 5.32 Å². The molecule has 0 spiro atoms. The van der Waals surface area contributed by atoms with Crippen LogP contribution >= 0.6 is 0 Å². The number of carbonyl (C=O) groups is 1. The fraction of sp³-hybridized carbons (Fsp3) is 0.316. The molecule has 0 atom stereocenters. The Balaban J connectivity index is 1.81. The fourth-order valence-corrected chi connectivity index (χ4v) is 5.19.